The number of fused-ring (bicyclic) bond motifs is 2. The zero-order valence-corrected chi connectivity index (χ0v) is 16.4. The van der Waals surface area contributed by atoms with Gasteiger partial charge < -0.3 is 14.8 Å². The van der Waals surface area contributed by atoms with E-state index in [1.807, 2.05) is 55.5 Å². The lowest BCUT2D eigenvalue weighted by molar-refractivity contribution is 0.0500. The summed E-state index contributed by atoms with van der Waals surface area (Å²) in [5.74, 6) is -0.780. The van der Waals surface area contributed by atoms with Crippen molar-refractivity contribution in [1.82, 2.24) is 15.0 Å². The molecule has 0 amide bonds. The van der Waals surface area contributed by atoms with E-state index in [4.69, 9.17) is 4.74 Å². The quantitative estimate of drug-likeness (QED) is 0.300. The Morgan fingerprint density at radius 1 is 1.10 bits per heavy atom. The van der Waals surface area contributed by atoms with Crippen LogP contribution in [0.15, 0.2) is 54.3 Å². The fourth-order valence-corrected chi connectivity index (χ4v) is 3.44. The number of benzene rings is 2. The summed E-state index contributed by atoms with van der Waals surface area (Å²) in [5, 5.41) is 20.7. The number of hydrogen-bond donors (Lipinski definition) is 2. The molecule has 7 heteroatoms. The molecule has 4 rings (SSSR count). The average Bonchev–Trinajstić information content (AvgIpc) is 3.16. The van der Waals surface area contributed by atoms with E-state index in [9.17, 15) is 15.2 Å². The Hall–Kier alpha value is -4.18. The van der Waals surface area contributed by atoms with E-state index in [0.29, 0.717) is 16.8 Å². The van der Waals surface area contributed by atoms with Crippen molar-refractivity contribution in [2.24, 2.45) is 0 Å². The van der Waals surface area contributed by atoms with Gasteiger partial charge in [0.05, 0.1) is 27.8 Å². The van der Waals surface area contributed by atoms with Crippen LogP contribution in [0.25, 0.3) is 27.5 Å². The molecule has 2 aromatic heterocycles. The summed E-state index contributed by atoms with van der Waals surface area (Å²) in [5.41, 5.74) is 3.76. The van der Waals surface area contributed by atoms with Crippen LogP contribution in [0.1, 0.15) is 27.4 Å². The topological polar surface area (TPSA) is 112 Å². The van der Waals surface area contributed by atoms with E-state index in [1.54, 1.807) is 13.0 Å². The number of nitriles is 1. The fraction of sp³-hybridized carbons (Fsp3) is 0.130. The number of rotatable bonds is 4. The zero-order chi connectivity index (χ0) is 21.3. The van der Waals surface area contributed by atoms with Gasteiger partial charge in [-0.15, -0.1) is 0 Å². The maximum Gasteiger partial charge on any atom is 0.340 e. The molecule has 2 aromatic carbocycles. The van der Waals surface area contributed by atoms with Gasteiger partial charge in [0.25, 0.3) is 0 Å². The monoisotopic (exact) mass is 398 g/mol. The van der Waals surface area contributed by atoms with Crippen LogP contribution in [0.2, 0.25) is 0 Å². The Kier molecular flexibility index (Phi) is 4.90. The van der Waals surface area contributed by atoms with E-state index in [1.165, 1.54) is 0 Å². The lowest BCUT2D eigenvalue weighted by Crippen LogP contribution is -2.13. The Morgan fingerprint density at radius 2 is 1.80 bits per heavy atom. The van der Waals surface area contributed by atoms with Crippen molar-refractivity contribution in [2.45, 2.75) is 13.8 Å². The molecular formula is C23H18N4O3. The number of aryl methyl sites for hydroxylation is 2. The van der Waals surface area contributed by atoms with Gasteiger partial charge in [-0.25, -0.2) is 9.78 Å². The molecular weight excluding hydrogens is 380 g/mol. The molecule has 0 radical (unpaired) electrons. The van der Waals surface area contributed by atoms with Gasteiger partial charge in [-0.1, -0.05) is 30.3 Å². The van der Waals surface area contributed by atoms with E-state index in [-0.39, 0.29) is 17.2 Å². The average molecular weight is 398 g/mol. The number of hydrogen-bond acceptors (Lipinski definition) is 6. The number of allylic oxidation sites excluding steroid dienone is 1. The number of carbonyl (C=O) groups excluding carboxylic acids is 1. The lowest BCUT2D eigenvalue weighted by Gasteiger charge is -2.12. The SMILES string of the molecule is Cc1nc2ccccc2c(C)c1C(=O)OC/C(O)=C(\C#N)c1nc2ccccc2[nH]1. The third kappa shape index (κ3) is 3.35. The summed E-state index contributed by atoms with van der Waals surface area (Å²) in [6, 6.07) is 16.7. The number of para-hydroxylation sites is 3. The first-order chi connectivity index (χ1) is 14.5. The number of imidazole rings is 1. The minimum Gasteiger partial charge on any atom is -0.507 e. The maximum absolute atomic E-state index is 12.7. The normalized spacial score (nSPS) is 11.9. The molecule has 148 valence electrons. The van der Waals surface area contributed by atoms with E-state index in [2.05, 4.69) is 15.0 Å². The Bertz CT molecular complexity index is 1330. The van der Waals surface area contributed by atoms with Crippen molar-refractivity contribution in [3.05, 3.63) is 76.9 Å². The number of aliphatic hydroxyl groups is 1. The van der Waals surface area contributed by atoms with Gasteiger partial charge in [0.1, 0.15) is 18.2 Å². The molecule has 30 heavy (non-hydrogen) atoms. The molecule has 0 aliphatic heterocycles. The van der Waals surface area contributed by atoms with Crippen LogP contribution in [0.4, 0.5) is 0 Å². The van der Waals surface area contributed by atoms with Gasteiger partial charge in [-0.3, -0.25) is 4.98 Å². The number of aromatic nitrogens is 3. The van der Waals surface area contributed by atoms with Gasteiger partial charge in [-0.05, 0) is 37.6 Å². The molecule has 0 saturated carbocycles. The van der Waals surface area contributed by atoms with E-state index >= 15 is 0 Å². The molecule has 0 unspecified atom stereocenters. The van der Waals surface area contributed by atoms with E-state index < -0.39 is 12.6 Å². The summed E-state index contributed by atoms with van der Waals surface area (Å²) < 4.78 is 5.30. The maximum atomic E-state index is 12.7. The van der Waals surface area contributed by atoms with E-state index in [0.717, 1.165) is 22.0 Å². The van der Waals surface area contributed by atoms with Crippen molar-refractivity contribution in [1.29, 1.82) is 5.26 Å². The smallest absolute Gasteiger partial charge is 0.340 e. The highest BCUT2D eigenvalue weighted by atomic mass is 16.5. The molecule has 0 saturated heterocycles. The Morgan fingerprint density at radius 3 is 2.53 bits per heavy atom. The van der Waals surface area contributed by atoms with Crippen molar-refractivity contribution >= 4 is 33.5 Å². The van der Waals surface area contributed by atoms with Gasteiger partial charge in [0, 0.05) is 5.39 Å². The number of pyridine rings is 1. The summed E-state index contributed by atoms with van der Waals surface area (Å²) in [6.07, 6.45) is 0. The van der Waals surface area contributed by atoms with Crippen molar-refractivity contribution in [3.8, 4) is 6.07 Å². The molecule has 7 nitrogen and oxygen atoms in total. The first-order valence-corrected chi connectivity index (χ1v) is 9.30. The number of carbonyl (C=O) groups is 1. The summed E-state index contributed by atoms with van der Waals surface area (Å²) in [6.45, 7) is 3.11. The first-order valence-electron chi connectivity index (χ1n) is 9.30. The molecule has 2 heterocycles. The molecule has 4 aromatic rings. The van der Waals surface area contributed by atoms with Gasteiger partial charge in [0.15, 0.2) is 11.6 Å². The fourth-order valence-electron chi connectivity index (χ4n) is 3.44. The summed E-state index contributed by atoms with van der Waals surface area (Å²) in [4.78, 5) is 24.5. The molecule has 0 aliphatic rings. The van der Waals surface area contributed by atoms with Crippen LogP contribution in [0.5, 0.6) is 0 Å². The number of aliphatic hydroxyl groups excluding tert-OH is 1. The zero-order valence-electron chi connectivity index (χ0n) is 16.4. The number of esters is 1. The second-order valence-electron chi connectivity index (χ2n) is 6.83. The highest BCUT2D eigenvalue weighted by Gasteiger charge is 2.20. The van der Waals surface area contributed by atoms with Crippen molar-refractivity contribution in [3.63, 3.8) is 0 Å². The van der Waals surface area contributed by atoms with Gasteiger partial charge in [-0.2, -0.15) is 5.26 Å². The predicted octanol–water partition coefficient (Wildman–Crippen LogP) is 4.38. The lowest BCUT2D eigenvalue weighted by atomic mass is 10.0. The molecule has 0 aliphatic carbocycles. The molecule has 2 N–H and O–H groups in total. The van der Waals surface area contributed by atoms with Crippen LogP contribution in [-0.4, -0.2) is 32.6 Å². The number of nitrogens with zero attached hydrogens (tertiary/aromatic N) is 3. The van der Waals surface area contributed by atoms with Crippen molar-refractivity contribution in [2.75, 3.05) is 6.61 Å². The molecule has 0 fully saturated rings. The molecule has 0 spiro atoms. The minimum atomic E-state index is -0.614. The minimum absolute atomic E-state index is 0.0796. The molecule has 0 bridgehead atoms. The number of aromatic amines is 1. The van der Waals surface area contributed by atoms with Crippen molar-refractivity contribution < 1.29 is 14.6 Å². The summed E-state index contributed by atoms with van der Waals surface area (Å²) >= 11 is 0. The number of ether oxygens (including phenoxy) is 1. The van der Waals surface area contributed by atoms with Crippen LogP contribution in [0.3, 0.4) is 0 Å². The summed E-state index contributed by atoms with van der Waals surface area (Å²) in [7, 11) is 0. The standard InChI is InChI=1S/C23H18N4O3/c1-13-15-7-3-4-8-17(15)25-14(2)21(13)23(29)30-12-20(28)16(11-24)22-26-18-9-5-6-10-19(18)27-22/h3-10,28H,12H2,1-2H3,(H,26,27)/b20-16-. The second kappa shape index (κ2) is 7.68. The Balaban J connectivity index is 1.61. The third-order valence-corrected chi connectivity index (χ3v) is 4.90. The third-order valence-electron chi connectivity index (χ3n) is 4.90. The predicted molar refractivity (Wildman–Crippen MR) is 113 cm³/mol. The molecule has 0 atom stereocenters. The second-order valence-corrected chi connectivity index (χ2v) is 6.83. The Labute approximate surface area is 172 Å². The van der Waals surface area contributed by atoms with Gasteiger partial charge in [0.2, 0.25) is 0 Å². The van der Waals surface area contributed by atoms with Gasteiger partial charge >= 0.3 is 5.97 Å². The number of nitrogens with one attached hydrogen (secondary N) is 1. The van der Waals surface area contributed by atoms with Crippen LogP contribution in [0, 0.1) is 25.2 Å². The van der Waals surface area contributed by atoms with Crippen LogP contribution < -0.4 is 0 Å². The largest absolute Gasteiger partial charge is 0.507 e. The number of H-pyrrole nitrogens is 1. The highest BCUT2D eigenvalue weighted by Crippen LogP contribution is 2.24. The highest BCUT2D eigenvalue weighted by molar-refractivity contribution is 5.98. The first kappa shape index (κ1) is 19.2. The van der Waals surface area contributed by atoms with Crippen LogP contribution >= 0.6 is 0 Å². The van der Waals surface area contributed by atoms with Crippen LogP contribution in [-0.2, 0) is 4.74 Å².